The summed E-state index contributed by atoms with van der Waals surface area (Å²) in [5.74, 6) is -0.946. The Hall–Kier alpha value is -2.58. The van der Waals surface area contributed by atoms with Gasteiger partial charge in [0.05, 0.1) is 14.2 Å². The highest BCUT2D eigenvalue weighted by Gasteiger charge is 2.54. The zero-order chi connectivity index (χ0) is 19.9. The summed E-state index contributed by atoms with van der Waals surface area (Å²) in [5, 5.41) is 1.45. The molecule has 0 N–H and O–H groups in total. The van der Waals surface area contributed by atoms with E-state index in [4.69, 9.17) is 19.0 Å². The van der Waals surface area contributed by atoms with Crippen molar-refractivity contribution < 1.29 is 28.6 Å². The van der Waals surface area contributed by atoms with Gasteiger partial charge in [-0.25, -0.2) is 9.59 Å². The summed E-state index contributed by atoms with van der Waals surface area (Å²) in [5.41, 5.74) is 1.28. The van der Waals surface area contributed by atoms with E-state index in [2.05, 4.69) is 15.9 Å². The van der Waals surface area contributed by atoms with Crippen LogP contribution in [0.2, 0.25) is 0 Å². The monoisotopic (exact) mass is 447 g/mol. The van der Waals surface area contributed by atoms with E-state index < -0.39 is 17.7 Å². The lowest BCUT2D eigenvalue weighted by atomic mass is 9.85. The molecular weight excluding hydrogens is 430 g/mol. The van der Waals surface area contributed by atoms with E-state index in [0.717, 1.165) is 15.6 Å². The maximum Gasteiger partial charge on any atom is 0.436 e. The summed E-state index contributed by atoms with van der Waals surface area (Å²) >= 11 is 3.46. The first-order chi connectivity index (χ1) is 13.5. The second-order valence-electron chi connectivity index (χ2n) is 6.58. The zero-order valence-corrected chi connectivity index (χ0v) is 16.9. The fourth-order valence-electron chi connectivity index (χ4n) is 3.73. The molecule has 0 aliphatic carbocycles. The summed E-state index contributed by atoms with van der Waals surface area (Å²) in [6.45, 7) is 0.384. The van der Waals surface area contributed by atoms with Crippen molar-refractivity contribution in [2.24, 2.45) is 0 Å². The van der Waals surface area contributed by atoms with Gasteiger partial charge in [0.25, 0.3) is 0 Å². The van der Waals surface area contributed by atoms with Crippen molar-refractivity contribution in [2.75, 3.05) is 20.8 Å². The van der Waals surface area contributed by atoms with Crippen LogP contribution in [0.4, 0.5) is 0 Å². The number of fused-ring (bicyclic) bond motifs is 3. The van der Waals surface area contributed by atoms with Gasteiger partial charge in [-0.05, 0) is 41.8 Å². The van der Waals surface area contributed by atoms with Crippen LogP contribution in [0.15, 0.2) is 40.9 Å². The second kappa shape index (κ2) is 7.10. The summed E-state index contributed by atoms with van der Waals surface area (Å²) in [6.07, 6.45) is 0.898. The lowest BCUT2D eigenvalue weighted by Gasteiger charge is -2.47. The molecule has 146 valence electrons. The summed E-state index contributed by atoms with van der Waals surface area (Å²) in [4.78, 5) is 29.4. The minimum absolute atomic E-state index is 0.300. The van der Waals surface area contributed by atoms with Crippen LogP contribution in [-0.4, -0.2) is 37.8 Å². The molecule has 2 aromatic rings. The minimum atomic E-state index is -1.28. The third-order valence-electron chi connectivity index (χ3n) is 4.97. The molecule has 7 nitrogen and oxygen atoms in total. The van der Waals surface area contributed by atoms with Crippen LogP contribution in [0.25, 0.3) is 0 Å². The van der Waals surface area contributed by atoms with E-state index >= 15 is 0 Å². The van der Waals surface area contributed by atoms with Crippen LogP contribution < -0.4 is 9.47 Å². The number of hydrogen-bond acceptors (Lipinski definition) is 7. The average molecular weight is 448 g/mol. The average Bonchev–Trinajstić information content (AvgIpc) is 2.68. The standard InChI is InChI=1S/C20H18BrNO6/c1-25-16-9-13-6-7-22-20(15(13)10-17(16)26-2,27-18(23)19(24)28-22)11-12-4-3-5-14(21)8-12/h3-5,8-10H,6-7,11H2,1-2H3. The molecule has 1 fully saturated rings. The normalized spacial score (nSPS) is 21.2. The molecule has 0 bridgehead atoms. The highest BCUT2D eigenvalue weighted by atomic mass is 79.9. The molecule has 0 saturated carbocycles. The molecule has 0 amide bonds. The van der Waals surface area contributed by atoms with Gasteiger partial charge < -0.3 is 19.0 Å². The Morgan fingerprint density at radius 3 is 2.57 bits per heavy atom. The van der Waals surface area contributed by atoms with Gasteiger partial charge in [0, 0.05) is 23.0 Å². The first-order valence-electron chi connectivity index (χ1n) is 8.69. The number of nitrogens with zero attached hydrogens (tertiary/aromatic N) is 1. The number of esters is 1. The number of ether oxygens (including phenoxy) is 3. The molecule has 4 rings (SSSR count). The number of hydrogen-bond donors (Lipinski definition) is 0. The topological polar surface area (TPSA) is 74.3 Å². The SMILES string of the molecule is COc1cc2c(cc1OC)C1(Cc3cccc(Br)c3)OC(=O)C(=O)ON1CC2. The highest BCUT2D eigenvalue weighted by Crippen LogP contribution is 2.45. The Morgan fingerprint density at radius 2 is 1.86 bits per heavy atom. The maximum absolute atomic E-state index is 12.2. The zero-order valence-electron chi connectivity index (χ0n) is 15.4. The molecule has 2 aliphatic rings. The molecule has 1 unspecified atom stereocenters. The van der Waals surface area contributed by atoms with E-state index in [1.54, 1.807) is 20.3 Å². The first kappa shape index (κ1) is 18.8. The van der Waals surface area contributed by atoms with Crippen molar-refractivity contribution in [3.8, 4) is 11.5 Å². The fourth-order valence-corrected chi connectivity index (χ4v) is 4.18. The molecule has 2 aliphatic heterocycles. The molecule has 2 heterocycles. The van der Waals surface area contributed by atoms with Crippen LogP contribution in [0.1, 0.15) is 16.7 Å². The molecule has 0 spiro atoms. The molecule has 0 radical (unpaired) electrons. The van der Waals surface area contributed by atoms with Crippen molar-refractivity contribution in [1.29, 1.82) is 0 Å². The van der Waals surface area contributed by atoms with Gasteiger partial charge in [0.1, 0.15) is 0 Å². The van der Waals surface area contributed by atoms with Gasteiger partial charge in [-0.3, -0.25) is 0 Å². The third-order valence-corrected chi connectivity index (χ3v) is 5.46. The van der Waals surface area contributed by atoms with Gasteiger partial charge >= 0.3 is 11.9 Å². The Labute approximate surface area is 170 Å². The number of methoxy groups -OCH3 is 2. The van der Waals surface area contributed by atoms with E-state index in [1.807, 2.05) is 30.3 Å². The molecular formula is C20H18BrNO6. The van der Waals surface area contributed by atoms with Gasteiger partial charge in [-0.1, -0.05) is 33.1 Å². The summed E-state index contributed by atoms with van der Waals surface area (Å²) in [6, 6.07) is 11.3. The first-order valence-corrected chi connectivity index (χ1v) is 9.49. The quantitative estimate of drug-likeness (QED) is 0.526. The minimum Gasteiger partial charge on any atom is -0.493 e. The fraction of sp³-hybridized carbons (Fsp3) is 0.300. The van der Waals surface area contributed by atoms with Crippen LogP contribution in [0, 0.1) is 0 Å². The van der Waals surface area contributed by atoms with E-state index in [9.17, 15) is 9.59 Å². The Bertz CT molecular complexity index is 962. The predicted molar refractivity (Wildman–Crippen MR) is 102 cm³/mol. The molecule has 8 heteroatoms. The number of rotatable bonds is 4. The van der Waals surface area contributed by atoms with Crippen LogP contribution in [-0.2, 0) is 37.7 Å². The lowest BCUT2D eigenvalue weighted by Crippen LogP contribution is -2.60. The van der Waals surface area contributed by atoms with Crippen molar-refractivity contribution >= 4 is 27.9 Å². The number of halogens is 1. The van der Waals surface area contributed by atoms with Crippen LogP contribution in [0.3, 0.4) is 0 Å². The van der Waals surface area contributed by atoms with E-state index in [-0.39, 0.29) is 0 Å². The van der Waals surface area contributed by atoms with Gasteiger partial charge in [-0.2, -0.15) is 0 Å². The maximum atomic E-state index is 12.2. The van der Waals surface area contributed by atoms with Crippen molar-refractivity contribution in [2.45, 2.75) is 18.6 Å². The summed E-state index contributed by atoms with van der Waals surface area (Å²) in [7, 11) is 3.11. The third kappa shape index (κ3) is 3.02. The largest absolute Gasteiger partial charge is 0.493 e. The van der Waals surface area contributed by atoms with Crippen LogP contribution in [0.5, 0.6) is 11.5 Å². The number of carbonyl (C=O) groups is 2. The Kier molecular flexibility index (Phi) is 4.76. The number of hydroxylamine groups is 2. The molecule has 1 saturated heterocycles. The highest BCUT2D eigenvalue weighted by molar-refractivity contribution is 9.10. The Balaban J connectivity index is 1.89. The van der Waals surface area contributed by atoms with Gasteiger partial charge in [-0.15, -0.1) is 0 Å². The molecule has 1 atom stereocenters. The Morgan fingerprint density at radius 1 is 1.11 bits per heavy atom. The molecule has 2 aromatic carbocycles. The van der Waals surface area contributed by atoms with Crippen LogP contribution >= 0.6 is 15.9 Å². The van der Waals surface area contributed by atoms with Gasteiger partial charge in [0.2, 0.25) is 5.72 Å². The molecule has 28 heavy (non-hydrogen) atoms. The van der Waals surface area contributed by atoms with Crippen molar-refractivity contribution in [1.82, 2.24) is 5.06 Å². The van der Waals surface area contributed by atoms with E-state index in [0.29, 0.717) is 36.4 Å². The van der Waals surface area contributed by atoms with Crippen molar-refractivity contribution in [3.05, 3.63) is 57.6 Å². The lowest BCUT2D eigenvalue weighted by molar-refractivity contribution is -0.317. The molecule has 0 aromatic heterocycles. The summed E-state index contributed by atoms with van der Waals surface area (Å²) < 4.78 is 17.5. The predicted octanol–water partition coefficient (Wildman–Crippen LogP) is 2.73. The smallest absolute Gasteiger partial charge is 0.436 e. The number of carbonyl (C=O) groups excluding carboxylic acids is 2. The number of benzene rings is 2. The van der Waals surface area contributed by atoms with Gasteiger partial charge in [0.15, 0.2) is 11.5 Å². The van der Waals surface area contributed by atoms with Crippen molar-refractivity contribution in [3.63, 3.8) is 0 Å². The second-order valence-corrected chi connectivity index (χ2v) is 7.49. The van der Waals surface area contributed by atoms with E-state index in [1.165, 1.54) is 5.06 Å².